The molecule has 0 unspecified atom stereocenters. The van der Waals surface area contributed by atoms with Gasteiger partial charge in [-0.25, -0.2) is 0 Å². The van der Waals surface area contributed by atoms with Crippen LogP contribution in [-0.2, 0) is 4.79 Å². The van der Waals surface area contributed by atoms with E-state index < -0.39 is 0 Å². The summed E-state index contributed by atoms with van der Waals surface area (Å²) in [4.78, 5) is 11.2. The Morgan fingerprint density at radius 1 is 1.47 bits per heavy atom. The third kappa shape index (κ3) is 3.99. The van der Waals surface area contributed by atoms with Crippen LogP contribution in [0.3, 0.4) is 0 Å². The fourth-order valence-electron chi connectivity index (χ4n) is 2.29. The number of hydrogen-bond acceptors (Lipinski definition) is 1. The molecule has 0 aromatic carbocycles. The molecule has 0 saturated carbocycles. The normalized spacial score (nSPS) is 19.2. The highest BCUT2D eigenvalue weighted by Crippen LogP contribution is 2.38. The summed E-state index contributed by atoms with van der Waals surface area (Å²) < 4.78 is 0. The van der Waals surface area contributed by atoms with Gasteiger partial charge in [-0.1, -0.05) is 36.3 Å². The zero-order valence-electron chi connectivity index (χ0n) is 11.4. The van der Waals surface area contributed by atoms with Crippen molar-refractivity contribution in [3.05, 3.63) is 36.0 Å². The number of Topliss-reactive ketones (excluding diaryl/α,β-unsaturated/α-hetero) is 1. The molecular formula is C16H24O. The Hall–Kier alpha value is -1.11. The summed E-state index contributed by atoms with van der Waals surface area (Å²) >= 11 is 0. The first kappa shape index (κ1) is 14.0. The summed E-state index contributed by atoms with van der Waals surface area (Å²) in [5.74, 6) is 0.365. The van der Waals surface area contributed by atoms with E-state index >= 15 is 0 Å². The molecule has 0 amide bonds. The van der Waals surface area contributed by atoms with E-state index in [2.05, 4.69) is 39.5 Å². The first-order valence-electron chi connectivity index (χ1n) is 6.46. The van der Waals surface area contributed by atoms with Crippen LogP contribution in [0.4, 0.5) is 0 Å². The van der Waals surface area contributed by atoms with Crippen LogP contribution in [0.25, 0.3) is 0 Å². The molecule has 94 valence electrons. The maximum Gasteiger partial charge on any atom is 0.136 e. The Labute approximate surface area is 105 Å². The van der Waals surface area contributed by atoms with Crippen molar-refractivity contribution >= 4 is 5.78 Å². The van der Waals surface area contributed by atoms with Crippen LogP contribution in [0.5, 0.6) is 0 Å². The van der Waals surface area contributed by atoms with E-state index in [0.717, 1.165) is 19.3 Å². The number of hydrogen-bond donors (Lipinski definition) is 0. The molecular weight excluding hydrogens is 208 g/mol. The number of rotatable bonds is 5. The van der Waals surface area contributed by atoms with Gasteiger partial charge < -0.3 is 0 Å². The lowest BCUT2D eigenvalue weighted by Gasteiger charge is -2.31. The molecule has 1 heteroatoms. The molecule has 1 rings (SSSR count). The molecule has 0 aliphatic heterocycles. The summed E-state index contributed by atoms with van der Waals surface area (Å²) in [5.41, 5.74) is 2.82. The lowest BCUT2D eigenvalue weighted by atomic mass is 9.74. The van der Waals surface area contributed by atoms with Crippen molar-refractivity contribution in [1.29, 1.82) is 0 Å². The minimum Gasteiger partial charge on any atom is -0.299 e. The molecule has 0 radical (unpaired) electrons. The third-order valence-electron chi connectivity index (χ3n) is 3.65. The molecule has 0 fully saturated rings. The molecule has 1 nitrogen and oxygen atoms in total. The van der Waals surface area contributed by atoms with E-state index in [-0.39, 0.29) is 5.41 Å². The van der Waals surface area contributed by atoms with Gasteiger partial charge in [0, 0.05) is 18.3 Å². The van der Waals surface area contributed by atoms with E-state index in [1.165, 1.54) is 11.1 Å². The molecule has 0 N–H and O–H groups in total. The SMILES string of the molecule is C=C[C@@](C)(CCC=C(C)C)C1=CCC(=O)CC1. The van der Waals surface area contributed by atoms with Gasteiger partial charge in [-0.15, -0.1) is 6.58 Å². The molecule has 17 heavy (non-hydrogen) atoms. The molecule has 1 atom stereocenters. The first-order chi connectivity index (χ1) is 7.98. The second-order valence-electron chi connectivity index (χ2n) is 5.41. The highest BCUT2D eigenvalue weighted by atomic mass is 16.1. The average Bonchev–Trinajstić information content (AvgIpc) is 2.29. The van der Waals surface area contributed by atoms with Crippen molar-refractivity contribution in [1.82, 2.24) is 0 Å². The molecule has 0 heterocycles. The van der Waals surface area contributed by atoms with Gasteiger partial charge in [0.25, 0.3) is 0 Å². The van der Waals surface area contributed by atoms with Crippen molar-refractivity contribution < 1.29 is 4.79 Å². The highest BCUT2D eigenvalue weighted by Gasteiger charge is 2.26. The lowest BCUT2D eigenvalue weighted by molar-refractivity contribution is -0.118. The molecule has 0 aromatic rings. The van der Waals surface area contributed by atoms with Gasteiger partial charge in [-0.3, -0.25) is 4.79 Å². The summed E-state index contributed by atoms with van der Waals surface area (Å²) in [7, 11) is 0. The standard InChI is InChI=1S/C16H24O/c1-5-16(4,12-6-7-13(2)3)14-8-10-15(17)11-9-14/h5,7-8H,1,6,9-12H2,2-4H3/t16-/m0/s1. The average molecular weight is 232 g/mol. The zero-order valence-corrected chi connectivity index (χ0v) is 11.4. The van der Waals surface area contributed by atoms with Gasteiger partial charge in [0.1, 0.15) is 5.78 Å². The van der Waals surface area contributed by atoms with Crippen molar-refractivity contribution in [2.24, 2.45) is 5.41 Å². The van der Waals surface area contributed by atoms with Crippen LogP contribution in [-0.4, -0.2) is 5.78 Å². The summed E-state index contributed by atoms with van der Waals surface area (Å²) in [6.07, 6.45) is 10.8. The van der Waals surface area contributed by atoms with Crippen molar-refractivity contribution in [3.8, 4) is 0 Å². The largest absolute Gasteiger partial charge is 0.299 e. The minimum absolute atomic E-state index is 0.0622. The van der Waals surface area contributed by atoms with Crippen LogP contribution in [0.1, 0.15) is 52.9 Å². The van der Waals surface area contributed by atoms with E-state index in [0.29, 0.717) is 18.6 Å². The maximum absolute atomic E-state index is 11.2. The van der Waals surface area contributed by atoms with Gasteiger partial charge in [-0.05, 0) is 33.1 Å². The minimum atomic E-state index is 0.0622. The highest BCUT2D eigenvalue weighted by molar-refractivity contribution is 5.81. The van der Waals surface area contributed by atoms with Crippen LogP contribution < -0.4 is 0 Å². The van der Waals surface area contributed by atoms with Crippen LogP contribution in [0.2, 0.25) is 0 Å². The second kappa shape index (κ2) is 6.00. The Kier molecular flexibility index (Phi) is 4.92. The van der Waals surface area contributed by atoms with Gasteiger partial charge >= 0.3 is 0 Å². The number of carbonyl (C=O) groups is 1. The van der Waals surface area contributed by atoms with Gasteiger partial charge in [0.15, 0.2) is 0 Å². The van der Waals surface area contributed by atoms with Crippen LogP contribution in [0.15, 0.2) is 36.0 Å². The van der Waals surface area contributed by atoms with Crippen LogP contribution >= 0.6 is 0 Å². The number of ketones is 1. The maximum atomic E-state index is 11.2. The third-order valence-corrected chi connectivity index (χ3v) is 3.65. The zero-order chi connectivity index (χ0) is 12.9. The second-order valence-corrected chi connectivity index (χ2v) is 5.41. The summed E-state index contributed by atoms with van der Waals surface area (Å²) in [6, 6.07) is 0. The quantitative estimate of drug-likeness (QED) is 0.633. The molecule has 0 aromatic heterocycles. The van der Waals surface area contributed by atoms with Crippen molar-refractivity contribution in [2.75, 3.05) is 0 Å². The van der Waals surface area contributed by atoms with E-state index in [1.54, 1.807) is 0 Å². The Morgan fingerprint density at radius 2 is 2.18 bits per heavy atom. The fourth-order valence-corrected chi connectivity index (χ4v) is 2.29. The Morgan fingerprint density at radius 3 is 2.65 bits per heavy atom. The molecule has 0 spiro atoms. The Bertz CT molecular complexity index is 356. The number of allylic oxidation sites excluding steroid dienone is 5. The fraction of sp³-hybridized carbons (Fsp3) is 0.562. The summed E-state index contributed by atoms with van der Waals surface area (Å²) in [5, 5.41) is 0. The van der Waals surface area contributed by atoms with Crippen LogP contribution in [0, 0.1) is 5.41 Å². The van der Waals surface area contributed by atoms with E-state index in [4.69, 9.17) is 0 Å². The van der Waals surface area contributed by atoms with Crippen molar-refractivity contribution in [2.45, 2.75) is 52.9 Å². The smallest absolute Gasteiger partial charge is 0.136 e. The molecule has 0 bridgehead atoms. The predicted octanol–water partition coefficient (Wildman–Crippen LogP) is 4.60. The lowest BCUT2D eigenvalue weighted by Crippen LogP contribution is -2.20. The van der Waals surface area contributed by atoms with Crippen molar-refractivity contribution in [3.63, 3.8) is 0 Å². The Balaban J connectivity index is 2.71. The number of carbonyl (C=O) groups excluding carboxylic acids is 1. The predicted molar refractivity (Wildman–Crippen MR) is 73.9 cm³/mol. The molecule has 1 aliphatic carbocycles. The van der Waals surface area contributed by atoms with Gasteiger partial charge in [0.05, 0.1) is 0 Å². The molecule has 1 aliphatic rings. The van der Waals surface area contributed by atoms with E-state index in [1.807, 2.05) is 6.08 Å². The van der Waals surface area contributed by atoms with Gasteiger partial charge in [-0.2, -0.15) is 0 Å². The van der Waals surface area contributed by atoms with E-state index in [9.17, 15) is 4.79 Å². The molecule has 0 saturated heterocycles. The van der Waals surface area contributed by atoms with Gasteiger partial charge in [0.2, 0.25) is 0 Å². The monoisotopic (exact) mass is 232 g/mol. The first-order valence-corrected chi connectivity index (χ1v) is 6.46. The summed E-state index contributed by atoms with van der Waals surface area (Å²) in [6.45, 7) is 10.5. The topological polar surface area (TPSA) is 17.1 Å².